The molecular weight excluding hydrogens is 312 g/mol. The highest BCUT2D eigenvalue weighted by atomic mass is 14.4. The van der Waals surface area contributed by atoms with Crippen molar-refractivity contribution in [3.05, 3.63) is 11.6 Å². The van der Waals surface area contributed by atoms with E-state index >= 15 is 0 Å². The molecule has 0 aromatic carbocycles. The predicted octanol–water partition coefficient (Wildman–Crippen LogP) is 9.88. The standard InChI is InChI=1S/C26H52/c1-7-13-19-24(20-14-8-2)25(18-12-6)26(21-15-9-3,22-16-10-4)23-17-11-5/h19,25H,7-18,20-23H2,1-6H3. The van der Waals surface area contributed by atoms with Crippen LogP contribution in [0.15, 0.2) is 11.6 Å². The Morgan fingerprint density at radius 3 is 1.54 bits per heavy atom. The lowest BCUT2D eigenvalue weighted by molar-refractivity contribution is 0.115. The highest BCUT2D eigenvalue weighted by molar-refractivity contribution is 5.12. The summed E-state index contributed by atoms with van der Waals surface area (Å²) in [5, 5.41) is 0. The minimum absolute atomic E-state index is 0.575. The maximum Gasteiger partial charge on any atom is -0.0147 e. The molecule has 1 unspecified atom stereocenters. The van der Waals surface area contributed by atoms with E-state index in [4.69, 9.17) is 0 Å². The largest absolute Gasteiger partial charge is 0.0850 e. The Bertz CT molecular complexity index is 303. The van der Waals surface area contributed by atoms with E-state index in [2.05, 4.69) is 47.6 Å². The Morgan fingerprint density at radius 2 is 1.15 bits per heavy atom. The van der Waals surface area contributed by atoms with Crippen molar-refractivity contribution in [1.29, 1.82) is 0 Å². The summed E-state index contributed by atoms with van der Waals surface area (Å²) in [6, 6.07) is 0. The summed E-state index contributed by atoms with van der Waals surface area (Å²) in [4.78, 5) is 0. The maximum absolute atomic E-state index is 2.68. The molecule has 0 nitrogen and oxygen atoms in total. The molecule has 0 heteroatoms. The second kappa shape index (κ2) is 16.9. The molecule has 0 saturated heterocycles. The number of rotatable bonds is 18. The SMILES string of the molecule is CCCC=C(CCCC)C(CCC)C(CCCC)(CCCC)CCCC. The van der Waals surface area contributed by atoms with Gasteiger partial charge in [-0.25, -0.2) is 0 Å². The van der Waals surface area contributed by atoms with Crippen LogP contribution < -0.4 is 0 Å². The summed E-state index contributed by atoms with van der Waals surface area (Å²) in [5.41, 5.74) is 2.42. The number of unbranched alkanes of at least 4 members (excludes halogenated alkanes) is 5. The van der Waals surface area contributed by atoms with Gasteiger partial charge in [0.15, 0.2) is 0 Å². The summed E-state index contributed by atoms with van der Waals surface area (Å²) in [6.07, 6.45) is 24.8. The van der Waals surface area contributed by atoms with Crippen molar-refractivity contribution in [3.63, 3.8) is 0 Å². The zero-order valence-corrected chi connectivity index (χ0v) is 19.5. The number of hydrogen-bond acceptors (Lipinski definition) is 0. The number of hydrogen-bond donors (Lipinski definition) is 0. The molecule has 0 fully saturated rings. The lowest BCUT2D eigenvalue weighted by Crippen LogP contribution is -2.33. The first kappa shape index (κ1) is 25.7. The van der Waals surface area contributed by atoms with Gasteiger partial charge in [0.05, 0.1) is 0 Å². The van der Waals surface area contributed by atoms with E-state index in [-0.39, 0.29) is 0 Å². The van der Waals surface area contributed by atoms with Crippen LogP contribution in [0.1, 0.15) is 144 Å². The molecule has 0 aromatic rings. The summed E-state index contributed by atoms with van der Waals surface area (Å²) in [5.74, 6) is 0.843. The average molecular weight is 365 g/mol. The topological polar surface area (TPSA) is 0 Å². The Labute approximate surface area is 167 Å². The molecule has 0 bridgehead atoms. The zero-order valence-electron chi connectivity index (χ0n) is 19.5. The van der Waals surface area contributed by atoms with Gasteiger partial charge < -0.3 is 0 Å². The molecule has 156 valence electrons. The van der Waals surface area contributed by atoms with Crippen LogP contribution in [0, 0.1) is 11.3 Å². The van der Waals surface area contributed by atoms with Gasteiger partial charge in [0.25, 0.3) is 0 Å². The van der Waals surface area contributed by atoms with E-state index in [9.17, 15) is 0 Å². The third-order valence-corrected chi connectivity index (χ3v) is 6.36. The van der Waals surface area contributed by atoms with Crippen LogP contribution in [-0.2, 0) is 0 Å². The van der Waals surface area contributed by atoms with Gasteiger partial charge >= 0.3 is 0 Å². The molecule has 0 spiro atoms. The summed E-state index contributed by atoms with van der Waals surface area (Å²) in [7, 11) is 0. The summed E-state index contributed by atoms with van der Waals surface area (Å²) in [6.45, 7) is 14.2. The first-order valence-corrected chi connectivity index (χ1v) is 12.3. The van der Waals surface area contributed by atoms with E-state index in [1.54, 1.807) is 0 Å². The van der Waals surface area contributed by atoms with Crippen molar-refractivity contribution in [2.24, 2.45) is 11.3 Å². The molecular formula is C26H52. The lowest BCUT2D eigenvalue weighted by Gasteiger charge is -2.44. The van der Waals surface area contributed by atoms with Crippen molar-refractivity contribution < 1.29 is 0 Å². The molecule has 0 heterocycles. The molecule has 0 radical (unpaired) electrons. The Balaban J connectivity index is 5.83. The van der Waals surface area contributed by atoms with Gasteiger partial charge in [0, 0.05) is 0 Å². The second-order valence-electron chi connectivity index (χ2n) is 8.69. The molecule has 0 N–H and O–H groups in total. The van der Waals surface area contributed by atoms with Gasteiger partial charge in [-0.2, -0.15) is 0 Å². The van der Waals surface area contributed by atoms with Crippen LogP contribution in [-0.4, -0.2) is 0 Å². The van der Waals surface area contributed by atoms with Crippen LogP contribution in [0.3, 0.4) is 0 Å². The third kappa shape index (κ3) is 9.61. The molecule has 26 heavy (non-hydrogen) atoms. The first-order valence-electron chi connectivity index (χ1n) is 12.3. The Hall–Kier alpha value is -0.260. The van der Waals surface area contributed by atoms with E-state index in [0.717, 1.165) is 5.92 Å². The molecule has 0 rings (SSSR count). The average Bonchev–Trinajstić information content (AvgIpc) is 2.67. The van der Waals surface area contributed by atoms with Gasteiger partial charge in [-0.3, -0.25) is 0 Å². The molecule has 0 amide bonds. The van der Waals surface area contributed by atoms with Crippen LogP contribution in [0.5, 0.6) is 0 Å². The smallest absolute Gasteiger partial charge is 0.0147 e. The van der Waals surface area contributed by atoms with Gasteiger partial charge in [0.1, 0.15) is 0 Å². The summed E-state index contributed by atoms with van der Waals surface area (Å²) >= 11 is 0. The zero-order chi connectivity index (χ0) is 19.7. The fourth-order valence-corrected chi connectivity index (χ4v) is 4.79. The molecule has 0 aliphatic rings. The van der Waals surface area contributed by atoms with Crippen molar-refractivity contribution in [2.45, 2.75) is 144 Å². The van der Waals surface area contributed by atoms with Crippen molar-refractivity contribution in [2.75, 3.05) is 0 Å². The minimum Gasteiger partial charge on any atom is -0.0850 e. The van der Waals surface area contributed by atoms with Crippen molar-refractivity contribution in [3.8, 4) is 0 Å². The van der Waals surface area contributed by atoms with E-state index in [1.165, 1.54) is 103 Å². The van der Waals surface area contributed by atoms with Crippen LogP contribution >= 0.6 is 0 Å². The highest BCUT2D eigenvalue weighted by Crippen LogP contribution is 2.49. The fourth-order valence-electron chi connectivity index (χ4n) is 4.79. The van der Waals surface area contributed by atoms with Crippen LogP contribution in [0.4, 0.5) is 0 Å². The molecule has 0 aromatic heterocycles. The highest BCUT2D eigenvalue weighted by Gasteiger charge is 2.38. The van der Waals surface area contributed by atoms with Gasteiger partial charge in [-0.05, 0) is 56.3 Å². The lowest BCUT2D eigenvalue weighted by atomic mass is 9.61. The number of allylic oxidation sites excluding steroid dienone is 2. The quantitative estimate of drug-likeness (QED) is 0.212. The Kier molecular flexibility index (Phi) is 16.7. The Morgan fingerprint density at radius 1 is 0.654 bits per heavy atom. The van der Waals surface area contributed by atoms with Crippen LogP contribution in [0.2, 0.25) is 0 Å². The van der Waals surface area contributed by atoms with E-state index in [0.29, 0.717) is 5.41 Å². The van der Waals surface area contributed by atoms with E-state index in [1.807, 2.05) is 5.57 Å². The predicted molar refractivity (Wildman–Crippen MR) is 122 cm³/mol. The molecule has 0 saturated carbocycles. The minimum atomic E-state index is 0.575. The third-order valence-electron chi connectivity index (χ3n) is 6.36. The van der Waals surface area contributed by atoms with Crippen molar-refractivity contribution >= 4 is 0 Å². The van der Waals surface area contributed by atoms with Gasteiger partial charge in [-0.1, -0.05) is 111 Å². The van der Waals surface area contributed by atoms with Crippen LogP contribution in [0.25, 0.3) is 0 Å². The fraction of sp³-hybridized carbons (Fsp3) is 0.923. The van der Waals surface area contributed by atoms with Gasteiger partial charge in [0.2, 0.25) is 0 Å². The van der Waals surface area contributed by atoms with E-state index < -0.39 is 0 Å². The second-order valence-corrected chi connectivity index (χ2v) is 8.69. The van der Waals surface area contributed by atoms with Gasteiger partial charge in [-0.15, -0.1) is 0 Å². The maximum atomic E-state index is 2.68. The molecule has 1 atom stereocenters. The summed E-state index contributed by atoms with van der Waals surface area (Å²) < 4.78 is 0. The normalized spacial score (nSPS) is 14.0. The monoisotopic (exact) mass is 364 g/mol. The molecule has 0 aliphatic heterocycles. The first-order chi connectivity index (χ1) is 12.7. The molecule has 0 aliphatic carbocycles. The van der Waals surface area contributed by atoms with Crippen molar-refractivity contribution in [1.82, 2.24) is 0 Å².